The highest BCUT2D eigenvalue weighted by Crippen LogP contribution is 2.27. The van der Waals surface area contributed by atoms with Gasteiger partial charge in [-0.25, -0.2) is 0 Å². The fourth-order valence-corrected chi connectivity index (χ4v) is 3.01. The van der Waals surface area contributed by atoms with Crippen LogP contribution >= 0.6 is 11.6 Å². The highest BCUT2D eigenvalue weighted by molar-refractivity contribution is 6.31. The number of carbonyl (C=O) groups is 1. The summed E-state index contributed by atoms with van der Waals surface area (Å²) in [6.07, 6.45) is 6.48. The van der Waals surface area contributed by atoms with E-state index in [0.717, 1.165) is 25.7 Å². The van der Waals surface area contributed by atoms with Gasteiger partial charge in [-0.2, -0.15) is 0 Å². The molecule has 0 aliphatic heterocycles. The average Bonchev–Trinajstić information content (AvgIpc) is 2.74. The zero-order chi connectivity index (χ0) is 15.4. The van der Waals surface area contributed by atoms with Crippen molar-refractivity contribution in [3.05, 3.63) is 38.9 Å². The summed E-state index contributed by atoms with van der Waals surface area (Å²) in [5.74, 6) is -0.323. The predicted molar refractivity (Wildman–Crippen MR) is 81.7 cm³/mol. The molecule has 1 aromatic carbocycles. The van der Waals surface area contributed by atoms with Gasteiger partial charge in [-0.05, 0) is 25.0 Å². The third-order valence-electron chi connectivity index (χ3n) is 4.08. The van der Waals surface area contributed by atoms with Crippen LogP contribution in [0.5, 0.6) is 0 Å². The zero-order valence-corrected chi connectivity index (χ0v) is 12.8. The molecule has 1 amide bonds. The van der Waals surface area contributed by atoms with Crippen molar-refractivity contribution in [1.82, 2.24) is 4.90 Å². The minimum absolute atomic E-state index is 0.0687. The molecule has 0 unspecified atom stereocenters. The van der Waals surface area contributed by atoms with Gasteiger partial charge >= 0.3 is 0 Å². The monoisotopic (exact) mass is 310 g/mol. The molecule has 0 spiro atoms. The second kappa shape index (κ2) is 6.89. The quantitative estimate of drug-likeness (QED) is 0.481. The number of nitro benzene ring substituents is 1. The maximum Gasteiger partial charge on any atom is 0.282 e. The molecule has 1 aliphatic rings. The summed E-state index contributed by atoms with van der Waals surface area (Å²) >= 11 is 5.89. The molecule has 5 nitrogen and oxygen atoms in total. The number of nitro groups is 1. The van der Waals surface area contributed by atoms with E-state index in [1.54, 1.807) is 11.9 Å². The Kier molecular flexibility index (Phi) is 5.17. The summed E-state index contributed by atoms with van der Waals surface area (Å²) < 4.78 is 0. The molecule has 0 bridgehead atoms. The van der Waals surface area contributed by atoms with Crippen molar-refractivity contribution < 1.29 is 9.72 Å². The molecule has 114 valence electrons. The van der Waals surface area contributed by atoms with Gasteiger partial charge in [0.05, 0.1) is 4.92 Å². The van der Waals surface area contributed by atoms with E-state index in [0.29, 0.717) is 5.02 Å². The third-order valence-corrected chi connectivity index (χ3v) is 4.31. The number of nitrogens with zero attached hydrogens (tertiary/aromatic N) is 2. The summed E-state index contributed by atoms with van der Waals surface area (Å²) in [7, 11) is 1.73. The van der Waals surface area contributed by atoms with E-state index in [1.807, 2.05) is 0 Å². The fraction of sp³-hybridized carbons (Fsp3) is 0.533. The molecule has 1 fully saturated rings. The van der Waals surface area contributed by atoms with Gasteiger partial charge in [-0.15, -0.1) is 0 Å². The van der Waals surface area contributed by atoms with Crippen LogP contribution < -0.4 is 0 Å². The van der Waals surface area contributed by atoms with E-state index in [4.69, 9.17) is 11.6 Å². The number of amides is 1. The van der Waals surface area contributed by atoms with Crippen LogP contribution in [0.1, 0.15) is 48.9 Å². The molecule has 0 radical (unpaired) electrons. The summed E-state index contributed by atoms with van der Waals surface area (Å²) in [6.45, 7) is 0. The second-order valence-corrected chi connectivity index (χ2v) is 5.92. The Morgan fingerprint density at radius 2 is 1.90 bits per heavy atom. The molecule has 0 atom stereocenters. The first-order chi connectivity index (χ1) is 10.0. The van der Waals surface area contributed by atoms with Crippen molar-refractivity contribution in [3.8, 4) is 0 Å². The third kappa shape index (κ3) is 3.73. The van der Waals surface area contributed by atoms with Crippen LogP contribution in [0.2, 0.25) is 5.02 Å². The summed E-state index contributed by atoms with van der Waals surface area (Å²) in [6, 6.07) is 4.26. The van der Waals surface area contributed by atoms with Gasteiger partial charge < -0.3 is 4.90 Å². The van der Waals surface area contributed by atoms with Gasteiger partial charge in [-0.3, -0.25) is 14.9 Å². The van der Waals surface area contributed by atoms with E-state index in [9.17, 15) is 14.9 Å². The standard InChI is InChI=1S/C15H19ClN2O3/c1-17(12-6-4-2-3-5-7-12)15(19)13-10-11(16)8-9-14(13)18(20)21/h8-10,12H,2-7H2,1H3. The maximum atomic E-state index is 12.6. The van der Waals surface area contributed by atoms with E-state index < -0.39 is 4.92 Å². The summed E-state index contributed by atoms with van der Waals surface area (Å²) in [5.41, 5.74) is -0.121. The van der Waals surface area contributed by atoms with Crippen LogP contribution in [-0.2, 0) is 0 Å². The van der Waals surface area contributed by atoms with Crippen molar-refractivity contribution in [2.75, 3.05) is 7.05 Å². The highest BCUT2D eigenvalue weighted by atomic mass is 35.5. The summed E-state index contributed by atoms with van der Waals surface area (Å²) in [5, 5.41) is 11.4. The smallest absolute Gasteiger partial charge is 0.282 e. The SMILES string of the molecule is CN(C(=O)c1cc(Cl)ccc1[N+](=O)[O-])C1CCCCCC1. The Bertz CT molecular complexity index is 540. The molecular weight excluding hydrogens is 292 g/mol. The number of carbonyl (C=O) groups excluding carboxylic acids is 1. The van der Waals surface area contributed by atoms with Crippen LogP contribution in [0.15, 0.2) is 18.2 Å². The van der Waals surface area contributed by atoms with E-state index in [2.05, 4.69) is 0 Å². The van der Waals surface area contributed by atoms with Crippen LogP contribution in [-0.4, -0.2) is 28.8 Å². The molecule has 0 N–H and O–H groups in total. The minimum atomic E-state index is -0.537. The number of halogens is 1. The number of hydrogen-bond acceptors (Lipinski definition) is 3. The normalized spacial score (nSPS) is 16.3. The average molecular weight is 311 g/mol. The van der Waals surface area contributed by atoms with Crippen LogP contribution in [0.3, 0.4) is 0 Å². The van der Waals surface area contributed by atoms with E-state index >= 15 is 0 Å². The van der Waals surface area contributed by atoms with Crippen molar-refractivity contribution in [2.45, 2.75) is 44.6 Å². The Morgan fingerprint density at radius 1 is 1.29 bits per heavy atom. The predicted octanol–water partition coefficient (Wildman–Crippen LogP) is 4.04. The molecule has 0 saturated heterocycles. The van der Waals surface area contributed by atoms with Gasteiger partial charge in [0.15, 0.2) is 0 Å². The molecule has 1 aromatic rings. The largest absolute Gasteiger partial charge is 0.339 e. The maximum absolute atomic E-state index is 12.6. The molecular formula is C15H19ClN2O3. The van der Waals surface area contributed by atoms with Gasteiger partial charge in [0.25, 0.3) is 11.6 Å². The van der Waals surface area contributed by atoms with Crippen molar-refractivity contribution >= 4 is 23.2 Å². The first-order valence-electron chi connectivity index (χ1n) is 7.22. The number of hydrogen-bond donors (Lipinski definition) is 0. The lowest BCUT2D eigenvalue weighted by Gasteiger charge is -2.27. The van der Waals surface area contributed by atoms with Crippen molar-refractivity contribution in [1.29, 1.82) is 0 Å². The lowest BCUT2D eigenvalue weighted by Crippen LogP contribution is -2.37. The number of benzene rings is 1. The Morgan fingerprint density at radius 3 is 2.48 bits per heavy atom. The van der Waals surface area contributed by atoms with Gasteiger partial charge in [-0.1, -0.05) is 37.3 Å². The van der Waals surface area contributed by atoms with E-state index in [1.165, 1.54) is 31.0 Å². The molecule has 6 heteroatoms. The van der Waals surface area contributed by atoms with Crippen LogP contribution in [0.25, 0.3) is 0 Å². The summed E-state index contributed by atoms with van der Waals surface area (Å²) in [4.78, 5) is 24.8. The lowest BCUT2D eigenvalue weighted by atomic mass is 10.1. The highest BCUT2D eigenvalue weighted by Gasteiger charge is 2.27. The minimum Gasteiger partial charge on any atom is -0.339 e. The van der Waals surface area contributed by atoms with Crippen molar-refractivity contribution in [3.63, 3.8) is 0 Å². The fourth-order valence-electron chi connectivity index (χ4n) is 2.84. The first kappa shape index (κ1) is 15.8. The van der Waals surface area contributed by atoms with Gasteiger partial charge in [0.1, 0.15) is 5.56 Å². The number of rotatable bonds is 3. The van der Waals surface area contributed by atoms with E-state index in [-0.39, 0.29) is 23.2 Å². The van der Waals surface area contributed by atoms with Crippen LogP contribution in [0.4, 0.5) is 5.69 Å². The molecule has 1 saturated carbocycles. The Labute approximate surface area is 129 Å². The topological polar surface area (TPSA) is 63.5 Å². The van der Waals surface area contributed by atoms with Crippen LogP contribution in [0, 0.1) is 10.1 Å². The Balaban J connectivity index is 2.26. The molecule has 0 aromatic heterocycles. The molecule has 21 heavy (non-hydrogen) atoms. The first-order valence-corrected chi connectivity index (χ1v) is 7.59. The van der Waals surface area contributed by atoms with Crippen molar-refractivity contribution in [2.24, 2.45) is 0 Å². The molecule has 2 rings (SSSR count). The zero-order valence-electron chi connectivity index (χ0n) is 12.0. The molecule has 1 aliphatic carbocycles. The molecule has 0 heterocycles. The van der Waals surface area contributed by atoms with Gasteiger partial charge in [0, 0.05) is 24.2 Å². The van der Waals surface area contributed by atoms with Gasteiger partial charge in [0.2, 0.25) is 0 Å². The lowest BCUT2D eigenvalue weighted by molar-refractivity contribution is -0.385. The second-order valence-electron chi connectivity index (χ2n) is 5.48. The Hall–Kier alpha value is -1.62.